The Morgan fingerprint density at radius 1 is 1.13 bits per heavy atom. The second-order valence-electron chi connectivity index (χ2n) is 8.82. The minimum atomic E-state index is -0.798. The first-order valence-electron chi connectivity index (χ1n) is 12.5. The maximum absolute atomic E-state index is 14.1. The van der Waals surface area contributed by atoms with Crippen LogP contribution in [0, 0.1) is 6.92 Å². The highest BCUT2D eigenvalue weighted by Gasteiger charge is 2.36. The number of ether oxygens (including phenoxy) is 3. The van der Waals surface area contributed by atoms with E-state index in [0.717, 1.165) is 22.2 Å². The van der Waals surface area contributed by atoms with E-state index in [1.807, 2.05) is 56.3 Å². The average Bonchev–Trinajstić information content (AvgIpc) is 3.39. The summed E-state index contributed by atoms with van der Waals surface area (Å²) in [5.74, 6) is 0.463. The molecule has 9 heteroatoms. The summed E-state index contributed by atoms with van der Waals surface area (Å²) in [7, 11) is 1.56. The van der Waals surface area contributed by atoms with Crippen molar-refractivity contribution in [2.75, 3.05) is 20.3 Å². The molecule has 1 atom stereocenters. The molecule has 8 nitrogen and oxygen atoms in total. The molecule has 0 amide bonds. The first-order chi connectivity index (χ1) is 18.4. The molecule has 3 heterocycles. The lowest BCUT2D eigenvalue weighted by atomic mass is 9.94. The van der Waals surface area contributed by atoms with Crippen LogP contribution >= 0.6 is 11.3 Å². The number of allylic oxidation sites excluding steroid dienone is 1. The van der Waals surface area contributed by atoms with Crippen molar-refractivity contribution in [1.82, 2.24) is 9.55 Å². The highest BCUT2D eigenvalue weighted by atomic mass is 32.1. The molecule has 5 rings (SSSR count). The van der Waals surface area contributed by atoms with Crippen LogP contribution in [0.25, 0.3) is 17.0 Å². The number of hydrogen-bond acceptors (Lipinski definition) is 7. The molecular formula is C29H29N3O5S. The van der Waals surface area contributed by atoms with Gasteiger partial charge in [-0.15, -0.1) is 0 Å². The second-order valence-corrected chi connectivity index (χ2v) is 9.83. The van der Waals surface area contributed by atoms with Gasteiger partial charge in [0.15, 0.2) is 16.3 Å². The number of benzene rings is 2. The molecule has 2 aromatic carbocycles. The molecular weight excluding hydrogens is 502 g/mol. The Kier molecular flexibility index (Phi) is 6.94. The summed E-state index contributed by atoms with van der Waals surface area (Å²) < 4.78 is 19.1. The Morgan fingerprint density at radius 3 is 2.66 bits per heavy atom. The predicted octanol–water partition coefficient (Wildman–Crippen LogP) is 4.00. The van der Waals surface area contributed by atoms with Gasteiger partial charge in [-0.3, -0.25) is 9.36 Å². The monoisotopic (exact) mass is 531 g/mol. The number of hydrogen-bond donors (Lipinski definition) is 1. The summed E-state index contributed by atoms with van der Waals surface area (Å²) in [5, 5.41) is 1.03. The van der Waals surface area contributed by atoms with Gasteiger partial charge in [-0.25, -0.2) is 9.79 Å². The fraction of sp³-hybridized carbons (Fsp3) is 0.276. The van der Waals surface area contributed by atoms with Crippen LogP contribution in [0.3, 0.4) is 0 Å². The van der Waals surface area contributed by atoms with Crippen molar-refractivity contribution in [3.05, 3.63) is 90.2 Å². The van der Waals surface area contributed by atoms with Gasteiger partial charge in [0.05, 0.1) is 36.1 Å². The molecule has 1 aliphatic rings. The number of nitrogens with zero attached hydrogens (tertiary/aromatic N) is 2. The summed E-state index contributed by atoms with van der Waals surface area (Å²) in [4.78, 5) is 35.9. The molecule has 0 radical (unpaired) electrons. The van der Waals surface area contributed by atoms with E-state index < -0.39 is 12.0 Å². The number of carbonyl (C=O) groups excluding carboxylic acids is 1. The van der Waals surface area contributed by atoms with E-state index in [4.69, 9.17) is 14.2 Å². The van der Waals surface area contributed by atoms with Gasteiger partial charge in [0, 0.05) is 27.7 Å². The molecule has 0 spiro atoms. The van der Waals surface area contributed by atoms with Crippen LogP contribution in [0.4, 0.5) is 0 Å². The summed E-state index contributed by atoms with van der Waals surface area (Å²) in [5.41, 5.74) is 4.07. The Morgan fingerprint density at radius 2 is 1.92 bits per heavy atom. The Labute approximate surface area is 223 Å². The van der Waals surface area contributed by atoms with E-state index in [9.17, 15) is 9.59 Å². The molecule has 0 unspecified atom stereocenters. The maximum atomic E-state index is 14.1. The second kappa shape index (κ2) is 10.3. The van der Waals surface area contributed by atoms with E-state index in [2.05, 4.69) is 9.98 Å². The number of para-hydroxylation sites is 2. The van der Waals surface area contributed by atoms with Gasteiger partial charge in [0.2, 0.25) is 0 Å². The summed E-state index contributed by atoms with van der Waals surface area (Å²) in [6.07, 6.45) is 1.90. The molecule has 0 saturated carbocycles. The lowest BCUT2D eigenvalue weighted by Crippen LogP contribution is -2.40. The third-order valence-corrected chi connectivity index (χ3v) is 7.53. The van der Waals surface area contributed by atoms with Crippen LogP contribution in [0.1, 0.15) is 43.6 Å². The van der Waals surface area contributed by atoms with Gasteiger partial charge in [-0.2, -0.15) is 0 Å². The number of esters is 1. The van der Waals surface area contributed by atoms with Crippen molar-refractivity contribution in [3.63, 3.8) is 0 Å². The van der Waals surface area contributed by atoms with Crippen LogP contribution in [-0.4, -0.2) is 35.8 Å². The minimum absolute atomic E-state index is 0.197. The molecule has 1 N–H and O–H groups in total. The zero-order valence-corrected chi connectivity index (χ0v) is 22.8. The van der Waals surface area contributed by atoms with E-state index in [-0.39, 0.29) is 12.2 Å². The highest BCUT2D eigenvalue weighted by Crippen LogP contribution is 2.40. The average molecular weight is 532 g/mol. The first-order valence-corrected chi connectivity index (χ1v) is 13.3. The number of nitrogens with one attached hydrogen (secondary N) is 1. The van der Waals surface area contributed by atoms with Crippen molar-refractivity contribution in [2.24, 2.45) is 4.99 Å². The summed E-state index contributed by atoms with van der Waals surface area (Å²) in [6.45, 7) is 7.95. The molecule has 1 aliphatic heterocycles. The fourth-order valence-electron chi connectivity index (χ4n) is 4.91. The van der Waals surface area contributed by atoms with Gasteiger partial charge in [-0.05, 0) is 45.9 Å². The standard InChI is InChI=1S/C29H29N3O5S/c1-6-36-26-19(12-10-14-22(26)35-5)25-24(28(34)37-7-2)17(4)31-29-32(25)27(33)23(38-29)15-20-16(3)30-21-13-9-8-11-18(20)21/h8-15,25,30H,6-7H2,1-5H3/b23-15+/t25-/m1/s1. The summed E-state index contributed by atoms with van der Waals surface area (Å²) in [6, 6.07) is 12.6. The zero-order valence-electron chi connectivity index (χ0n) is 22.0. The maximum Gasteiger partial charge on any atom is 0.338 e. The van der Waals surface area contributed by atoms with Gasteiger partial charge in [0.1, 0.15) is 6.04 Å². The van der Waals surface area contributed by atoms with Crippen LogP contribution in [0.15, 0.2) is 63.5 Å². The number of aromatic nitrogens is 2. The van der Waals surface area contributed by atoms with Crippen LogP contribution in [0.5, 0.6) is 11.5 Å². The fourth-order valence-corrected chi connectivity index (χ4v) is 5.94. The van der Waals surface area contributed by atoms with E-state index in [1.54, 1.807) is 31.6 Å². The molecule has 4 aromatic rings. The topological polar surface area (TPSA) is 94.9 Å². The van der Waals surface area contributed by atoms with Crippen molar-refractivity contribution in [1.29, 1.82) is 0 Å². The van der Waals surface area contributed by atoms with E-state index in [1.165, 1.54) is 11.3 Å². The highest BCUT2D eigenvalue weighted by molar-refractivity contribution is 7.07. The Bertz CT molecular complexity index is 1760. The third-order valence-electron chi connectivity index (χ3n) is 6.55. The number of H-pyrrole nitrogens is 1. The normalized spacial score (nSPS) is 15.4. The molecule has 38 heavy (non-hydrogen) atoms. The number of aryl methyl sites for hydroxylation is 1. The van der Waals surface area contributed by atoms with Gasteiger partial charge in [-0.1, -0.05) is 41.7 Å². The number of aromatic amines is 1. The molecule has 196 valence electrons. The quantitative estimate of drug-likeness (QED) is 0.364. The smallest absolute Gasteiger partial charge is 0.338 e. The van der Waals surface area contributed by atoms with E-state index >= 15 is 0 Å². The van der Waals surface area contributed by atoms with Crippen molar-refractivity contribution < 1.29 is 19.0 Å². The minimum Gasteiger partial charge on any atom is -0.493 e. The molecule has 0 bridgehead atoms. The Hall–Kier alpha value is -4.11. The largest absolute Gasteiger partial charge is 0.493 e. The zero-order chi connectivity index (χ0) is 27.0. The predicted molar refractivity (Wildman–Crippen MR) is 148 cm³/mol. The SMILES string of the molecule is CCOC(=O)C1=C(C)N=c2s/c(=C/c3c(C)[nH]c4ccccc34)c(=O)n2[C@@H]1c1cccc(OC)c1OCC. The lowest BCUT2D eigenvalue weighted by Gasteiger charge is -2.26. The molecule has 2 aromatic heterocycles. The number of carbonyl (C=O) groups is 1. The third kappa shape index (κ3) is 4.22. The van der Waals surface area contributed by atoms with Crippen LogP contribution in [-0.2, 0) is 9.53 Å². The lowest BCUT2D eigenvalue weighted by molar-refractivity contribution is -0.139. The number of methoxy groups -OCH3 is 1. The van der Waals surface area contributed by atoms with Crippen LogP contribution < -0.4 is 24.4 Å². The number of thiazole rings is 1. The van der Waals surface area contributed by atoms with Crippen molar-refractivity contribution in [3.8, 4) is 11.5 Å². The molecule has 0 aliphatic carbocycles. The molecule has 0 saturated heterocycles. The number of rotatable bonds is 7. The summed E-state index contributed by atoms with van der Waals surface area (Å²) >= 11 is 1.29. The van der Waals surface area contributed by atoms with Crippen LogP contribution in [0.2, 0.25) is 0 Å². The molecule has 0 fully saturated rings. The first kappa shape index (κ1) is 25.5. The van der Waals surface area contributed by atoms with Gasteiger partial charge >= 0.3 is 5.97 Å². The van der Waals surface area contributed by atoms with Gasteiger partial charge in [0.25, 0.3) is 5.56 Å². The number of fused-ring (bicyclic) bond motifs is 2. The van der Waals surface area contributed by atoms with Gasteiger partial charge < -0.3 is 19.2 Å². The van der Waals surface area contributed by atoms with Crippen molar-refractivity contribution >= 4 is 34.3 Å². The van der Waals surface area contributed by atoms with Crippen molar-refractivity contribution in [2.45, 2.75) is 33.7 Å². The Balaban J connectivity index is 1.80. The van der Waals surface area contributed by atoms with E-state index in [0.29, 0.717) is 44.3 Å².